The van der Waals surface area contributed by atoms with Crippen LogP contribution in [-0.4, -0.2) is 4.57 Å². The average Bonchev–Trinajstić information content (AvgIpc) is 3.38. The van der Waals surface area contributed by atoms with E-state index < -0.39 is 0 Å². The maximum atomic E-state index is 2.55. The molecule has 0 aliphatic rings. The summed E-state index contributed by atoms with van der Waals surface area (Å²) in [5.74, 6) is 1.54. The number of rotatable bonds is 33. The van der Waals surface area contributed by atoms with Crippen molar-refractivity contribution in [1.82, 2.24) is 4.57 Å². The monoisotopic (exact) mass is 574 g/mol. The summed E-state index contributed by atoms with van der Waals surface area (Å²) in [4.78, 5) is 0. The zero-order chi connectivity index (χ0) is 29.5. The van der Waals surface area contributed by atoms with Gasteiger partial charge >= 0.3 is 0 Å². The minimum absolute atomic E-state index is 1.16. The molecule has 0 aromatic carbocycles. The molecule has 0 aliphatic carbocycles. The van der Waals surface area contributed by atoms with Crippen molar-refractivity contribution in [2.45, 2.75) is 233 Å². The summed E-state index contributed by atoms with van der Waals surface area (Å²) in [6.45, 7) is 9.38. The minimum atomic E-state index is 1.16. The first kappa shape index (κ1) is 38.2. The predicted octanol–water partition coefficient (Wildman–Crippen LogP) is 13.1. The van der Waals surface area contributed by atoms with Gasteiger partial charge in [-0.2, -0.15) is 0 Å². The maximum Gasteiger partial charge on any atom is 0.256 e. The maximum absolute atomic E-state index is 2.55. The molecule has 0 radical (unpaired) electrons. The van der Waals surface area contributed by atoms with Gasteiger partial charge in [-0.25, -0.2) is 9.13 Å². The lowest BCUT2D eigenvalue weighted by atomic mass is 10.0. The van der Waals surface area contributed by atoms with Gasteiger partial charge in [0.05, 0.1) is 13.1 Å². The topological polar surface area (TPSA) is 8.81 Å². The molecule has 0 amide bonds. The van der Waals surface area contributed by atoms with Gasteiger partial charge in [-0.3, -0.25) is 0 Å². The lowest BCUT2D eigenvalue weighted by Crippen LogP contribution is -2.37. The third kappa shape index (κ3) is 23.4. The first-order valence-electron chi connectivity index (χ1n) is 19.4. The molecule has 1 rings (SSSR count). The first-order valence-corrected chi connectivity index (χ1v) is 19.4. The van der Waals surface area contributed by atoms with E-state index in [1.165, 1.54) is 206 Å². The van der Waals surface area contributed by atoms with E-state index in [4.69, 9.17) is 0 Å². The molecule has 0 atom stereocenters. The number of hydrogen-bond donors (Lipinski definition) is 0. The van der Waals surface area contributed by atoms with E-state index in [1.54, 1.807) is 5.82 Å². The van der Waals surface area contributed by atoms with Crippen molar-refractivity contribution in [2.75, 3.05) is 0 Å². The molecule has 0 saturated carbocycles. The standard InChI is InChI=1S/C39H77N2/c1-4-7-9-11-13-15-17-19-20-21-22-24-26-28-30-32-34-36-41-38-37-40(39(41)6-3)35-33-31-29-27-25-23-18-16-14-12-10-8-5-2/h37-38H,4-36H2,1-3H3/q+1. The molecule has 2 nitrogen and oxygen atoms in total. The van der Waals surface area contributed by atoms with Crippen LogP contribution in [-0.2, 0) is 19.5 Å². The van der Waals surface area contributed by atoms with Crippen molar-refractivity contribution in [1.29, 1.82) is 0 Å². The van der Waals surface area contributed by atoms with Crippen molar-refractivity contribution >= 4 is 0 Å². The largest absolute Gasteiger partial charge is 0.256 e. The molecule has 1 aromatic rings. The fourth-order valence-corrected chi connectivity index (χ4v) is 6.62. The van der Waals surface area contributed by atoms with Crippen LogP contribution >= 0.6 is 0 Å². The van der Waals surface area contributed by atoms with E-state index in [1.807, 2.05) is 0 Å². The molecule has 41 heavy (non-hydrogen) atoms. The normalized spacial score (nSPS) is 11.6. The first-order chi connectivity index (χ1) is 20.3. The Bertz CT molecular complexity index is 634. The van der Waals surface area contributed by atoms with Crippen LogP contribution in [0.1, 0.15) is 219 Å². The summed E-state index contributed by atoms with van der Waals surface area (Å²) in [6, 6.07) is 0. The van der Waals surface area contributed by atoms with Crippen LogP contribution in [0.2, 0.25) is 0 Å². The van der Waals surface area contributed by atoms with Crippen molar-refractivity contribution in [3.63, 3.8) is 0 Å². The fourth-order valence-electron chi connectivity index (χ4n) is 6.62. The summed E-state index contributed by atoms with van der Waals surface area (Å²) >= 11 is 0. The van der Waals surface area contributed by atoms with Crippen LogP contribution in [0.3, 0.4) is 0 Å². The van der Waals surface area contributed by atoms with Crippen LogP contribution < -0.4 is 4.57 Å². The second kappa shape index (κ2) is 30.7. The molecule has 0 spiro atoms. The minimum Gasteiger partial charge on any atom is -0.234 e. The molecular weight excluding hydrogens is 496 g/mol. The van der Waals surface area contributed by atoms with E-state index in [0.29, 0.717) is 0 Å². The zero-order valence-electron chi connectivity index (χ0n) is 28.9. The van der Waals surface area contributed by atoms with E-state index >= 15 is 0 Å². The Hall–Kier alpha value is -0.790. The van der Waals surface area contributed by atoms with Crippen molar-refractivity contribution < 1.29 is 4.57 Å². The Morgan fingerprint density at radius 1 is 0.415 bits per heavy atom. The second-order valence-corrected chi connectivity index (χ2v) is 13.4. The van der Waals surface area contributed by atoms with Gasteiger partial charge in [-0.1, -0.05) is 188 Å². The molecule has 0 unspecified atom stereocenters. The summed E-state index contributed by atoms with van der Waals surface area (Å²) < 4.78 is 5.10. The average molecular weight is 574 g/mol. The molecule has 0 N–H and O–H groups in total. The zero-order valence-corrected chi connectivity index (χ0v) is 28.9. The lowest BCUT2D eigenvalue weighted by Gasteiger charge is -2.05. The smallest absolute Gasteiger partial charge is 0.234 e. The molecule has 1 aromatic heterocycles. The third-order valence-corrected chi connectivity index (χ3v) is 9.41. The Balaban J connectivity index is 1.92. The third-order valence-electron chi connectivity index (χ3n) is 9.41. The SMILES string of the molecule is CCCCCCCCCCCCCCCCCCCn1cc[n+](CCCCCCCCCCCCCCC)c1CC. The van der Waals surface area contributed by atoms with Crippen molar-refractivity contribution in [3.05, 3.63) is 18.2 Å². The number of hydrogen-bond acceptors (Lipinski definition) is 0. The highest BCUT2D eigenvalue weighted by Gasteiger charge is 2.14. The quantitative estimate of drug-likeness (QED) is 0.0584. The van der Waals surface area contributed by atoms with E-state index in [9.17, 15) is 0 Å². The van der Waals surface area contributed by atoms with Crippen molar-refractivity contribution in [3.8, 4) is 0 Å². The van der Waals surface area contributed by atoms with Gasteiger partial charge in [0.1, 0.15) is 12.4 Å². The van der Waals surface area contributed by atoms with E-state index in [2.05, 4.69) is 42.3 Å². The van der Waals surface area contributed by atoms with Gasteiger partial charge in [-0.15, -0.1) is 0 Å². The second-order valence-electron chi connectivity index (χ2n) is 13.4. The Labute approximate surface area is 259 Å². The molecule has 2 heteroatoms. The van der Waals surface area contributed by atoms with Gasteiger partial charge in [-0.05, 0) is 25.7 Å². The summed E-state index contributed by atoms with van der Waals surface area (Å²) in [5, 5.41) is 0. The van der Waals surface area contributed by atoms with Gasteiger partial charge in [0.25, 0.3) is 5.82 Å². The van der Waals surface area contributed by atoms with Gasteiger partial charge < -0.3 is 0 Å². The Kier molecular flexibility index (Phi) is 28.6. The molecular formula is C39H77N2+. The Morgan fingerprint density at radius 3 is 1.07 bits per heavy atom. The van der Waals surface area contributed by atoms with Gasteiger partial charge in [0.15, 0.2) is 0 Å². The highest BCUT2D eigenvalue weighted by Crippen LogP contribution is 2.15. The molecule has 242 valence electrons. The summed E-state index contributed by atoms with van der Waals surface area (Å²) in [5.41, 5.74) is 0. The lowest BCUT2D eigenvalue weighted by molar-refractivity contribution is -0.704. The van der Waals surface area contributed by atoms with Crippen molar-refractivity contribution in [2.24, 2.45) is 0 Å². The van der Waals surface area contributed by atoms with Crippen LogP contribution in [0.5, 0.6) is 0 Å². The predicted molar refractivity (Wildman–Crippen MR) is 184 cm³/mol. The number of aryl methyl sites for hydroxylation is 2. The Morgan fingerprint density at radius 2 is 0.732 bits per heavy atom. The highest BCUT2D eigenvalue weighted by atomic mass is 15.1. The van der Waals surface area contributed by atoms with Crippen LogP contribution in [0.25, 0.3) is 0 Å². The summed E-state index contributed by atoms with van der Waals surface area (Å²) in [7, 11) is 0. The molecule has 0 aliphatic heterocycles. The molecule has 0 saturated heterocycles. The molecule has 0 fully saturated rings. The van der Waals surface area contributed by atoms with E-state index in [0.717, 1.165) is 6.42 Å². The van der Waals surface area contributed by atoms with Crippen LogP contribution in [0.15, 0.2) is 12.4 Å². The fraction of sp³-hybridized carbons (Fsp3) is 0.923. The summed E-state index contributed by atoms with van der Waals surface area (Å²) in [6.07, 6.45) is 49.1. The number of nitrogens with zero attached hydrogens (tertiary/aromatic N) is 2. The van der Waals surface area contributed by atoms with Crippen LogP contribution in [0, 0.1) is 0 Å². The number of aromatic nitrogens is 2. The van der Waals surface area contributed by atoms with E-state index in [-0.39, 0.29) is 0 Å². The molecule has 1 heterocycles. The number of unbranched alkanes of at least 4 members (excludes halogenated alkanes) is 28. The van der Waals surface area contributed by atoms with Gasteiger partial charge in [0, 0.05) is 6.42 Å². The highest BCUT2D eigenvalue weighted by molar-refractivity contribution is 4.83. The molecule has 0 bridgehead atoms. The van der Waals surface area contributed by atoms with Crippen LogP contribution in [0.4, 0.5) is 0 Å². The number of imidazole rings is 1. The van der Waals surface area contributed by atoms with Gasteiger partial charge in [0.2, 0.25) is 0 Å².